The number of likely N-dealkylation sites (tertiary alicyclic amines) is 1. The van der Waals surface area contributed by atoms with E-state index in [0.717, 1.165) is 54.7 Å². The minimum absolute atomic E-state index is 0. The maximum atomic E-state index is 13.6. The predicted octanol–water partition coefficient (Wildman–Crippen LogP) is 5.46. The first kappa shape index (κ1) is 26.3. The minimum atomic E-state index is -0.289. The quantitative estimate of drug-likeness (QED) is 0.377. The van der Waals surface area contributed by atoms with Gasteiger partial charge in [0.15, 0.2) is 11.3 Å². The van der Waals surface area contributed by atoms with Gasteiger partial charge in [0.2, 0.25) is 5.88 Å². The smallest absolute Gasteiger partial charge is 0.203 e. The number of fused-ring (bicyclic) bond motifs is 1. The average molecular weight is 522 g/mol. The van der Waals surface area contributed by atoms with Crippen molar-refractivity contribution in [1.82, 2.24) is 19.3 Å². The molecule has 0 bridgehead atoms. The Bertz CT molecular complexity index is 1430. The number of hydrogen-bond acceptors (Lipinski definition) is 5. The van der Waals surface area contributed by atoms with Gasteiger partial charge in [0, 0.05) is 30.9 Å². The van der Waals surface area contributed by atoms with Gasteiger partial charge in [-0.1, -0.05) is 29.8 Å². The first-order valence-corrected chi connectivity index (χ1v) is 11.9. The SMILES string of the molecule is Cc1nc2c(C#N)ncn2c(O)c1CCN1CCC(=C(c2ccc(F)cc2)c2ccc(F)cc2)CC1.Cl. The molecule has 0 spiro atoms. The molecule has 0 saturated carbocycles. The highest BCUT2D eigenvalue weighted by atomic mass is 35.5. The molecule has 3 heterocycles. The van der Waals surface area contributed by atoms with Gasteiger partial charge in [0.1, 0.15) is 24.0 Å². The Morgan fingerprint density at radius 2 is 1.57 bits per heavy atom. The fraction of sp³-hybridized carbons (Fsp3) is 0.250. The number of nitrogens with zero attached hydrogens (tertiary/aromatic N) is 5. The third kappa shape index (κ3) is 5.33. The molecule has 0 amide bonds. The topological polar surface area (TPSA) is 77.5 Å². The van der Waals surface area contributed by atoms with E-state index in [1.807, 2.05) is 13.0 Å². The zero-order valence-corrected chi connectivity index (χ0v) is 21.1. The van der Waals surface area contributed by atoms with Crippen LogP contribution in [-0.2, 0) is 6.42 Å². The number of imidazole rings is 1. The van der Waals surface area contributed by atoms with Crippen molar-refractivity contribution >= 4 is 23.6 Å². The van der Waals surface area contributed by atoms with Gasteiger partial charge in [-0.15, -0.1) is 12.4 Å². The Morgan fingerprint density at radius 3 is 2.11 bits per heavy atom. The van der Waals surface area contributed by atoms with Crippen LogP contribution >= 0.6 is 12.4 Å². The Hall–Kier alpha value is -3.80. The predicted molar refractivity (Wildman–Crippen MR) is 140 cm³/mol. The summed E-state index contributed by atoms with van der Waals surface area (Å²) >= 11 is 0. The van der Waals surface area contributed by atoms with Crippen LogP contribution < -0.4 is 0 Å². The van der Waals surface area contributed by atoms with Crippen LogP contribution in [0.2, 0.25) is 0 Å². The number of benzene rings is 2. The fourth-order valence-corrected chi connectivity index (χ4v) is 4.88. The fourth-order valence-electron chi connectivity index (χ4n) is 4.88. The molecule has 0 aliphatic carbocycles. The van der Waals surface area contributed by atoms with Gasteiger partial charge in [-0.3, -0.25) is 4.40 Å². The molecule has 37 heavy (non-hydrogen) atoms. The lowest BCUT2D eigenvalue weighted by molar-refractivity contribution is 0.258. The Balaban J connectivity index is 0.00000320. The monoisotopic (exact) mass is 521 g/mol. The molecule has 190 valence electrons. The van der Waals surface area contributed by atoms with Crippen LogP contribution in [0.4, 0.5) is 8.78 Å². The molecule has 1 N–H and O–H groups in total. The molecule has 4 aromatic rings. The lowest BCUT2D eigenvalue weighted by Crippen LogP contribution is -2.33. The number of aromatic hydroxyl groups is 1. The van der Waals surface area contributed by atoms with E-state index in [2.05, 4.69) is 14.9 Å². The largest absolute Gasteiger partial charge is 0.494 e. The molecule has 0 atom stereocenters. The molecule has 1 fully saturated rings. The summed E-state index contributed by atoms with van der Waals surface area (Å²) in [5.41, 5.74) is 6.10. The minimum Gasteiger partial charge on any atom is -0.494 e. The summed E-state index contributed by atoms with van der Waals surface area (Å²) in [6, 6.07) is 14.9. The van der Waals surface area contributed by atoms with Gasteiger partial charge >= 0.3 is 0 Å². The van der Waals surface area contributed by atoms with Gasteiger partial charge in [-0.2, -0.15) is 5.26 Å². The second-order valence-corrected chi connectivity index (χ2v) is 8.98. The van der Waals surface area contributed by atoms with Gasteiger partial charge in [-0.05, 0) is 67.2 Å². The van der Waals surface area contributed by atoms with Crippen molar-refractivity contribution in [1.29, 1.82) is 5.26 Å². The van der Waals surface area contributed by atoms with Gasteiger partial charge < -0.3 is 10.0 Å². The summed E-state index contributed by atoms with van der Waals surface area (Å²) in [5, 5.41) is 20.0. The zero-order chi connectivity index (χ0) is 25.2. The highest BCUT2D eigenvalue weighted by Gasteiger charge is 2.21. The zero-order valence-electron chi connectivity index (χ0n) is 20.3. The molecule has 5 rings (SSSR count). The third-order valence-electron chi connectivity index (χ3n) is 6.81. The number of aromatic nitrogens is 3. The molecule has 6 nitrogen and oxygen atoms in total. The molecule has 2 aromatic carbocycles. The third-order valence-corrected chi connectivity index (χ3v) is 6.81. The number of halogens is 3. The molecule has 0 radical (unpaired) electrons. The molecule has 0 unspecified atom stereocenters. The molecule has 1 aliphatic rings. The Kier molecular flexibility index (Phi) is 7.86. The summed E-state index contributed by atoms with van der Waals surface area (Å²) in [7, 11) is 0. The number of aryl methyl sites for hydroxylation is 1. The molecule has 1 aliphatic heterocycles. The van der Waals surface area contributed by atoms with Crippen molar-refractivity contribution in [2.75, 3.05) is 19.6 Å². The van der Waals surface area contributed by atoms with Crippen molar-refractivity contribution in [3.05, 3.63) is 100 Å². The van der Waals surface area contributed by atoms with Crippen molar-refractivity contribution in [2.24, 2.45) is 0 Å². The van der Waals surface area contributed by atoms with Crippen LogP contribution in [0.3, 0.4) is 0 Å². The molecular weight excluding hydrogens is 496 g/mol. The van der Waals surface area contributed by atoms with Crippen molar-refractivity contribution < 1.29 is 13.9 Å². The summed E-state index contributed by atoms with van der Waals surface area (Å²) in [6.45, 7) is 4.25. The molecule has 1 saturated heterocycles. The standard InChI is InChI=1S/C28H25F2N5O.ClH/c1-18-24(28(36)35-17-32-25(16-31)27(35)33-18)12-15-34-13-10-21(11-14-34)26(19-2-6-22(29)7-3-19)20-4-8-23(30)9-5-20;/h2-9,17,36H,10-15H2,1H3;1H. The maximum Gasteiger partial charge on any atom is 0.203 e. The van der Waals surface area contributed by atoms with Crippen LogP contribution in [0.5, 0.6) is 5.88 Å². The van der Waals surface area contributed by atoms with E-state index in [1.165, 1.54) is 40.6 Å². The summed E-state index contributed by atoms with van der Waals surface area (Å²) in [4.78, 5) is 10.8. The average Bonchev–Trinajstić information content (AvgIpc) is 3.30. The Labute approximate surface area is 219 Å². The van der Waals surface area contributed by atoms with Crippen molar-refractivity contribution in [3.63, 3.8) is 0 Å². The van der Waals surface area contributed by atoms with Crippen LogP contribution in [0, 0.1) is 29.9 Å². The van der Waals surface area contributed by atoms with Crippen LogP contribution in [-0.4, -0.2) is 44.0 Å². The van der Waals surface area contributed by atoms with E-state index in [1.54, 1.807) is 24.3 Å². The van der Waals surface area contributed by atoms with E-state index in [0.29, 0.717) is 17.8 Å². The number of rotatable bonds is 5. The van der Waals surface area contributed by atoms with Crippen LogP contribution in [0.25, 0.3) is 11.2 Å². The first-order chi connectivity index (χ1) is 17.4. The molecular formula is C28H26ClF2N5O. The summed E-state index contributed by atoms with van der Waals surface area (Å²) in [6.07, 6.45) is 3.70. The normalized spacial score (nSPS) is 13.8. The Morgan fingerprint density at radius 1 is 1.00 bits per heavy atom. The lowest BCUT2D eigenvalue weighted by atomic mass is 9.88. The highest BCUT2D eigenvalue weighted by Crippen LogP contribution is 2.33. The first-order valence-electron chi connectivity index (χ1n) is 11.9. The number of hydrogen-bond donors (Lipinski definition) is 1. The summed E-state index contributed by atoms with van der Waals surface area (Å²) < 4.78 is 28.6. The summed E-state index contributed by atoms with van der Waals surface area (Å²) in [5.74, 6) is -0.510. The maximum absolute atomic E-state index is 13.6. The van der Waals surface area contributed by atoms with Crippen LogP contribution in [0.15, 0.2) is 60.4 Å². The van der Waals surface area contributed by atoms with E-state index in [-0.39, 0.29) is 35.6 Å². The van der Waals surface area contributed by atoms with E-state index >= 15 is 0 Å². The van der Waals surface area contributed by atoms with Gasteiger partial charge in [-0.25, -0.2) is 18.7 Å². The van der Waals surface area contributed by atoms with Gasteiger partial charge in [0.25, 0.3) is 0 Å². The van der Waals surface area contributed by atoms with E-state index < -0.39 is 0 Å². The van der Waals surface area contributed by atoms with Crippen molar-refractivity contribution in [3.8, 4) is 11.9 Å². The van der Waals surface area contributed by atoms with Gasteiger partial charge in [0.05, 0.1) is 0 Å². The van der Waals surface area contributed by atoms with Crippen LogP contribution in [0.1, 0.15) is 40.9 Å². The molecule has 2 aromatic heterocycles. The van der Waals surface area contributed by atoms with E-state index in [4.69, 9.17) is 0 Å². The second kappa shape index (κ2) is 11.1. The molecule has 9 heteroatoms. The van der Waals surface area contributed by atoms with E-state index in [9.17, 15) is 19.1 Å². The number of piperidine rings is 1. The highest BCUT2D eigenvalue weighted by molar-refractivity contribution is 5.85. The second-order valence-electron chi connectivity index (χ2n) is 8.98. The lowest BCUT2D eigenvalue weighted by Gasteiger charge is -2.30. The van der Waals surface area contributed by atoms with Crippen molar-refractivity contribution in [2.45, 2.75) is 26.2 Å². The number of nitriles is 1.